The summed E-state index contributed by atoms with van der Waals surface area (Å²) in [5.74, 6) is -1.73. The number of sulfonamides is 1. The lowest BCUT2D eigenvalue weighted by Gasteiger charge is -2.23. The molecule has 0 fully saturated rings. The predicted molar refractivity (Wildman–Crippen MR) is 122 cm³/mol. The second-order valence-corrected chi connectivity index (χ2v) is 8.82. The van der Waals surface area contributed by atoms with Crippen molar-refractivity contribution in [2.24, 2.45) is 5.10 Å². The molecule has 8 nitrogen and oxygen atoms in total. The number of hydrazone groups is 1. The van der Waals surface area contributed by atoms with Gasteiger partial charge in [-0.25, -0.2) is 18.6 Å². The molecule has 32 heavy (non-hydrogen) atoms. The zero-order chi connectivity index (χ0) is 23.1. The first kappa shape index (κ1) is 23.0. The molecule has 0 heterocycles. The van der Waals surface area contributed by atoms with Gasteiger partial charge in [-0.05, 0) is 48.0 Å². The summed E-state index contributed by atoms with van der Waals surface area (Å²) in [7, 11) is -4.05. The number of carboxylic acid groups (broad SMARTS) is 1. The molecular formula is C22H18ClN3O5S. The van der Waals surface area contributed by atoms with E-state index in [0.29, 0.717) is 10.6 Å². The number of aromatic carboxylic acids is 1. The number of carbonyl (C=O) groups is 2. The fourth-order valence-electron chi connectivity index (χ4n) is 2.72. The number of benzene rings is 3. The van der Waals surface area contributed by atoms with Crippen molar-refractivity contribution in [3.05, 3.63) is 95.0 Å². The Kier molecular flexibility index (Phi) is 7.24. The molecule has 3 rings (SSSR count). The summed E-state index contributed by atoms with van der Waals surface area (Å²) in [5.41, 5.74) is 3.18. The average Bonchev–Trinajstić information content (AvgIpc) is 2.78. The van der Waals surface area contributed by atoms with Gasteiger partial charge >= 0.3 is 5.97 Å². The predicted octanol–water partition coefficient (Wildman–Crippen LogP) is 3.38. The van der Waals surface area contributed by atoms with Gasteiger partial charge in [-0.15, -0.1) is 0 Å². The Morgan fingerprint density at radius 3 is 2.31 bits per heavy atom. The van der Waals surface area contributed by atoms with Crippen LogP contribution in [0.4, 0.5) is 5.69 Å². The van der Waals surface area contributed by atoms with Crippen LogP contribution in [-0.4, -0.2) is 38.2 Å². The number of amides is 1. The average molecular weight is 472 g/mol. The third kappa shape index (κ3) is 5.71. The second kappa shape index (κ2) is 10.1. The van der Waals surface area contributed by atoms with Crippen LogP contribution in [0, 0.1) is 0 Å². The Morgan fingerprint density at radius 2 is 1.69 bits per heavy atom. The van der Waals surface area contributed by atoms with E-state index in [9.17, 15) is 18.0 Å². The molecule has 0 aliphatic heterocycles. The van der Waals surface area contributed by atoms with Crippen molar-refractivity contribution in [1.82, 2.24) is 5.43 Å². The Balaban J connectivity index is 1.79. The van der Waals surface area contributed by atoms with Gasteiger partial charge in [0.05, 0.1) is 22.4 Å². The van der Waals surface area contributed by atoms with Gasteiger partial charge in [-0.3, -0.25) is 9.10 Å². The molecule has 0 aliphatic rings. The molecule has 3 aromatic rings. The molecule has 164 valence electrons. The first-order valence-corrected chi connectivity index (χ1v) is 11.1. The number of hydrogen-bond acceptors (Lipinski definition) is 5. The van der Waals surface area contributed by atoms with E-state index in [2.05, 4.69) is 10.5 Å². The van der Waals surface area contributed by atoms with Crippen molar-refractivity contribution in [2.75, 3.05) is 10.8 Å². The number of nitrogens with one attached hydrogen (secondary N) is 1. The summed E-state index contributed by atoms with van der Waals surface area (Å²) in [6.45, 7) is -0.535. The van der Waals surface area contributed by atoms with Gasteiger partial charge in [-0.1, -0.05) is 48.0 Å². The van der Waals surface area contributed by atoms with Crippen LogP contribution in [0.15, 0.2) is 88.9 Å². The van der Waals surface area contributed by atoms with Gasteiger partial charge in [0.25, 0.3) is 15.9 Å². The molecule has 0 spiro atoms. The molecule has 3 aromatic carbocycles. The van der Waals surface area contributed by atoms with E-state index < -0.39 is 28.4 Å². The number of hydrogen-bond donors (Lipinski definition) is 2. The zero-order valence-electron chi connectivity index (χ0n) is 16.6. The maximum Gasteiger partial charge on any atom is 0.335 e. The number of anilines is 1. The lowest BCUT2D eigenvalue weighted by atomic mass is 10.1. The largest absolute Gasteiger partial charge is 0.478 e. The van der Waals surface area contributed by atoms with Crippen LogP contribution in [-0.2, 0) is 14.8 Å². The number of halogens is 1. The van der Waals surface area contributed by atoms with Crippen LogP contribution in [0.2, 0.25) is 5.02 Å². The van der Waals surface area contributed by atoms with Gasteiger partial charge < -0.3 is 5.11 Å². The summed E-state index contributed by atoms with van der Waals surface area (Å²) in [4.78, 5) is 23.4. The fraction of sp³-hybridized carbons (Fsp3) is 0.0455. The van der Waals surface area contributed by atoms with E-state index in [1.54, 1.807) is 30.3 Å². The topological polar surface area (TPSA) is 116 Å². The second-order valence-electron chi connectivity index (χ2n) is 6.52. The molecule has 0 saturated carbocycles. The van der Waals surface area contributed by atoms with E-state index in [4.69, 9.17) is 16.7 Å². The summed E-state index contributed by atoms with van der Waals surface area (Å²) in [6, 6.07) is 19.7. The number of carbonyl (C=O) groups excluding carboxylic acids is 1. The number of rotatable bonds is 8. The van der Waals surface area contributed by atoms with Crippen LogP contribution in [0.1, 0.15) is 15.9 Å². The van der Waals surface area contributed by atoms with E-state index >= 15 is 0 Å². The van der Waals surface area contributed by atoms with Gasteiger partial charge in [0.15, 0.2) is 0 Å². The standard InChI is InChI=1S/C22H18ClN3O5S/c23-18-5-4-6-19(13-18)26(32(30,31)20-7-2-1-3-8-20)15-21(27)25-24-14-16-9-11-17(12-10-16)22(28)29/h1-14H,15H2,(H,25,27)(H,28,29)/b24-14-. The fourth-order valence-corrected chi connectivity index (χ4v) is 4.34. The Hall–Kier alpha value is -3.69. The minimum Gasteiger partial charge on any atom is -0.478 e. The highest BCUT2D eigenvalue weighted by molar-refractivity contribution is 7.92. The Bertz CT molecular complexity index is 1250. The van der Waals surface area contributed by atoms with Gasteiger partial charge in [0, 0.05) is 5.02 Å². The van der Waals surface area contributed by atoms with Crippen LogP contribution >= 0.6 is 11.6 Å². The zero-order valence-corrected chi connectivity index (χ0v) is 18.1. The monoisotopic (exact) mass is 471 g/mol. The van der Waals surface area contributed by atoms with Crippen molar-refractivity contribution < 1.29 is 23.1 Å². The van der Waals surface area contributed by atoms with Crippen LogP contribution in [0.5, 0.6) is 0 Å². The van der Waals surface area contributed by atoms with Crippen LogP contribution < -0.4 is 9.73 Å². The van der Waals surface area contributed by atoms with Crippen LogP contribution in [0.3, 0.4) is 0 Å². The molecule has 0 unspecified atom stereocenters. The third-order valence-corrected chi connectivity index (χ3v) is 6.30. The summed E-state index contributed by atoms with van der Waals surface area (Å²) >= 11 is 6.02. The lowest BCUT2D eigenvalue weighted by molar-refractivity contribution is -0.119. The van der Waals surface area contributed by atoms with E-state index in [0.717, 1.165) is 4.31 Å². The van der Waals surface area contributed by atoms with Crippen molar-refractivity contribution in [1.29, 1.82) is 0 Å². The molecule has 0 atom stereocenters. The minimum absolute atomic E-state index is 0.0230. The summed E-state index contributed by atoms with van der Waals surface area (Å²) in [5, 5.41) is 13.0. The van der Waals surface area contributed by atoms with Gasteiger partial charge in [0.2, 0.25) is 0 Å². The Labute approximate surface area is 189 Å². The Morgan fingerprint density at radius 1 is 1.00 bits per heavy atom. The molecule has 0 bridgehead atoms. The van der Waals surface area contributed by atoms with Crippen LogP contribution in [0.25, 0.3) is 0 Å². The summed E-state index contributed by atoms with van der Waals surface area (Å²) in [6.07, 6.45) is 1.32. The lowest BCUT2D eigenvalue weighted by Crippen LogP contribution is -2.39. The van der Waals surface area contributed by atoms with E-state index in [1.807, 2.05) is 0 Å². The van der Waals surface area contributed by atoms with Crippen molar-refractivity contribution in [2.45, 2.75) is 4.90 Å². The molecule has 0 aliphatic carbocycles. The molecule has 0 aromatic heterocycles. The van der Waals surface area contributed by atoms with E-state index in [-0.39, 0.29) is 16.1 Å². The van der Waals surface area contributed by atoms with Crippen molar-refractivity contribution in [3.8, 4) is 0 Å². The quantitative estimate of drug-likeness (QED) is 0.386. The number of nitrogens with zero attached hydrogens (tertiary/aromatic N) is 2. The first-order valence-electron chi connectivity index (χ1n) is 9.26. The molecule has 1 amide bonds. The molecular weight excluding hydrogens is 454 g/mol. The highest BCUT2D eigenvalue weighted by Gasteiger charge is 2.27. The van der Waals surface area contributed by atoms with Gasteiger partial charge in [0.1, 0.15) is 6.54 Å². The highest BCUT2D eigenvalue weighted by Crippen LogP contribution is 2.25. The summed E-state index contributed by atoms with van der Waals surface area (Å²) < 4.78 is 27.3. The molecule has 0 saturated heterocycles. The third-order valence-electron chi connectivity index (χ3n) is 4.28. The normalized spacial score (nSPS) is 11.3. The maximum atomic E-state index is 13.2. The van der Waals surface area contributed by atoms with Gasteiger partial charge in [-0.2, -0.15) is 5.10 Å². The molecule has 10 heteroatoms. The minimum atomic E-state index is -4.05. The smallest absolute Gasteiger partial charge is 0.335 e. The van der Waals surface area contributed by atoms with Crippen molar-refractivity contribution in [3.63, 3.8) is 0 Å². The maximum absolute atomic E-state index is 13.2. The van der Waals surface area contributed by atoms with E-state index in [1.165, 1.54) is 54.7 Å². The SMILES string of the molecule is O=C(CN(c1cccc(Cl)c1)S(=O)(=O)c1ccccc1)N/N=C\c1ccc(C(=O)O)cc1. The van der Waals surface area contributed by atoms with Crippen molar-refractivity contribution >= 4 is 45.4 Å². The number of carboxylic acids is 1. The molecule has 2 N–H and O–H groups in total. The highest BCUT2D eigenvalue weighted by atomic mass is 35.5. The molecule has 0 radical (unpaired) electrons. The first-order chi connectivity index (χ1) is 15.3.